The number of nitrogens with one attached hydrogen (secondary N) is 2. The van der Waals surface area contributed by atoms with E-state index < -0.39 is 6.04 Å². The lowest BCUT2D eigenvalue weighted by atomic mass is 10.1. The molecule has 25 heavy (non-hydrogen) atoms. The summed E-state index contributed by atoms with van der Waals surface area (Å²) in [6.45, 7) is 2.04. The fourth-order valence-corrected chi connectivity index (χ4v) is 3.27. The van der Waals surface area contributed by atoms with Crippen LogP contribution in [0.5, 0.6) is 0 Å². The molecule has 4 rings (SSSR count). The lowest BCUT2D eigenvalue weighted by molar-refractivity contribution is -0.124. The largest absolute Gasteiger partial charge is 0.324 e. The summed E-state index contributed by atoms with van der Waals surface area (Å²) >= 11 is 0. The maximum atomic E-state index is 12.9. The number of rotatable bonds is 3. The number of carbonyl (C=O) groups excluding carboxylic acids is 2. The summed E-state index contributed by atoms with van der Waals surface area (Å²) in [6.07, 6.45) is 0.911. The topological polar surface area (TPSA) is 76.0 Å². The zero-order valence-corrected chi connectivity index (χ0v) is 13.8. The Kier molecular flexibility index (Phi) is 3.72. The first-order valence-electron chi connectivity index (χ1n) is 8.33. The zero-order valence-electron chi connectivity index (χ0n) is 13.8. The second-order valence-electron chi connectivity index (χ2n) is 6.06. The average Bonchev–Trinajstić information content (AvgIpc) is 2.99. The van der Waals surface area contributed by atoms with Crippen LogP contribution < -0.4 is 10.6 Å². The predicted molar refractivity (Wildman–Crippen MR) is 96.5 cm³/mol. The van der Waals surface area contributed by atoms with Gasteiger partial charge in [-0.15, -0.1) is 0 Å². The number of fused-ring (bicyclic) bond motifs is 3. The lowest BCUT2D eigenvalue weighted by Gasteiger charge is -2.25. The van der Waals surface area contributed by atoms with Crippen LogP contribution in [0, 0.1) is 0 Å². The highest BCUT2D eigenvalue weighted by Crippen LogP contribution is 2.31. The molecular weight excluding hydrogens is 316 g/mol. The van der Waals surface area contributed by atoms with E-state index >= 15 is 0 Å². The van der Waals surface area contributed by atoms with Crippen molar-refractivity contribution >= 4 is 34.5 Å². The average molecular weight is 334 g/mol. The highest BCUT2D eigenvalue weighted by Gasteiger charge is 2.32. The molecule has 0 radical (unpaired) electrons. The highest BCUT2D eigenvalue weighted by molar-refractivity contribution is 6.03. The van der Waals surface area contributed by atoms with E-state index in [1.165, 1.54) is 0 Å². The smallest absolute Gasteiger partial charge is 0.248 e. The Bertz CT molecular complexity index is 976. The molecule has 6 heteroatoms. The second-order valence-corrected chi connectivity index (χ2v) is 6.06. The molecule has 2 heterocycles. The molecule has 0 bridgehead atoms. The van der Waals surface area contributed by atoms with Gasteiger partial charge in [-0.1, -0.05) is 37.3 Å². The summed E-state index contributed by atoms with van der Waals surface area (Å²) < 4.78 is 1.81. The predicted octanol–water partition coefficient (Wildman–Crippen LogP) is 3.12. The van der Waals surface area contributed by atoms with Gasteiger partial charge in [0.15, 0.2) is 0 Å². The van der Waals surface area contributed by atoms with Crippen molar-refractivity contribution in [2.45, 2.75) is 25.8 Å². The fraction of sp³-hybridized carbons (Fsp3) is 0.211. The quantitative estimate of drug-likeness (QED) is 0.773. The first-order valence-corrected chi connectivity index (χ1v) is 8.33. The molecular formula is C19H18N4O2. The van der Waals surface area contributed by atoms with E-state index in [1.54, 1.807) is 4.57 Å². The zero-order chi connectivity index (χ0) is 17.4. The van der Waals surface area contributed by atoms with Gasteiger partial charge in [0, 0.05) is 5.69 Å². The molecule has 6 nitrogen and oxygen atoms in total. The third-order valence-electron chi connectivity index (χ3n) is 4.50. The summed E-state index contributed by atoms with van der Waals surface area (Å²) in [4.78, 5) is 29.4. The summed E-state index contributed by atoms with van der Waals surface area (Å²) in [5, 5.41) is 5.73. The molecule has 2 N–H and O–H groups in total. The molecule has 1 atom stereocenters. The van der Waals surface area contributed by atoms with Gasteiger partial charge in [0.1, 0.15) is 6.04 Å². The molecule has 1 aromatic heterocycles. The molecule has 0 spiro atoms. The third-order valence-corrected chi connectivity index (χ3v) is 4.50. The van der Waals surface area contributed by atoms with Crippen molar-refractivity contribution < 1.29 is 9.59 Å². The minimum Gasteiger partial charge on any atom is -0.324 e. The van der Waals surface area contributed by atoms with Crippen LogP contribution >= 0.6 is 0 Å². The number of anilines is 2. The summed E-state index contributed by atoms with van der Waals surface area (Å²) in [5.41, 5.74) is 3.44. The molecule has 1 aliphatic heterocycles. The van der Waals surface area contributed by atoms with E-state index in [0.29, 0.717) is 5.95 Å². The highest BCUT2D eigenvalue weighted by atomic mass is 16.2. The van der Waals surface area contributed by atoms with Crippen LogP contribution in [0.2, 0.25) is 0 Å². The third kappa shape index (κ3) is 2.65. The second kappa shape index (κ2) is 6.05. The summed E-state index contributed by atoms with van der Waals surface area (Å²) in [7, 11) is 0. The summed E-state index contributed by atoms with van der Waals surface area (Å²) in [5.74, 6) is 0.00765. The number of amides is 2. The number of carbonyl (C=O) groups is 2. The van der Waals surface area contributed by atoms with Crippen LogP contribution in [0.4, 0.5) is 11.6 Å². The molecule has 1 unspecified atom stereocenters. The minimum absolute atomic E-state index is 0.0908. The maximum absolute atomic E-state index is 12.9. The lowest BCUT2D eigenvalue weighted by Crippen LogP contribution is -2.35. The van der Waals surface area contributed by atoms with Crippen molar-refractivity contribution in [2.24, 2.45) is 0 Å². The first kappa shape index (κ1) is 15.4. The Morgan fingerprint density at radius 2 is 2.00 bits per heavy atom. The van der Waals surface area contributed by atoms with E-state index in [-0.39, 0.29) is 18.2 Å². The molecule has 2 amide bonds. The van der Waals surface area contributed by atoms with Crippen LogP contribution in [0.25, 0.3) is 11.0 Å². The van der Waals surface area contributed by atoms with Gasteiger partial charge in [-0.3, -0.25) is 19.5 Å². The molecule has 0 saturated heterocycles. The number of para-hydroxylation sites is 3. The van der Waals surface area contributed by atoms with Crippen molar-refractivity contribution in [3.8, 4) is 0 Å². The number of imidazole rings is 1. The Hall–Kier alpha value is -3.15. The number of hydrogen-bond donors (Lipinski definition) is 2. The van der Waals surface area contributed by atoms with Crippen molar-refractivity contribution in [3.05, 3.63) is 54.1 Å². The fourth-order valence-electron chi connectivity index (χ4n) is 3.27. The Labute approximate surface area is 144 Å². The van der Waals surface area contributed by atoms with Gasteiger partial charge < -0.3 is 5.32 Å². The van der Waals surface area contributed by atoms with Crippen LogP contribution in [0.3, 0.4) is 0 Å². The van der Waals surface area contributed by atoms with Crippen molar-refractivity contribution in [1.82, 2.24) is 9.55 Å². The molecule has 0 saturated carbocycles. The number of hydrogen-bond acceptors (Lipinski definition) is 3. The van der Waals surface area contributed by atoms with Gasteiger partial charge in [-0.2, -0.15) is 0 Å². The van der Waals surface area contributed by atoms with Gasteiger partial charge in [-0.25, -0.2) is 4.98 Å². The van der Waals surface area contributed by atoms with Crippen LogP contribution in [0.1, 0.15) is 24.9 Å². The molecule has 1 aliphatic rings. The molecule has 2 aromatic carbocycles. The summed E-state index contributed by atoms with van der Waals surface area (Å²) in [6, 6.07) is 14.6. The van der Waals surface area contributed by atoms with Crippen molar-refractivity contribution in [2.75, 3.05) is 10.6 Å². The standard InChI is InChI=1S/C19H18N4O2/c1-2-12-7-3-4-8-13(12)20-18(25)16-11-17(24)22-19-21-14-9-5-6-10-15(14)23(16)19/h3-10,16H,2,11H2,1H3,(H,20,25)(H,21,22,24). The van der Waals surface area contributed by atoms with Crippen molar-refractivity contribution in [1.29, 1.82) is 0 Å². The Morgan fingerprint density at radius 1 is 1.24 bits per heavy atom. The van der Waals surface area contributed by atoms with Gasteiger partial charge in [0.05, 0.1) is 17.5 Å². The van der Waals surface area contributed by atoms with E-state index in [0.717, 1.165) is 28.7 Å². The molecule has 0 fully saturated rings. The Balaban J connectivity index is 1.73. The van der Waals surface area contributed by atoms with Crippen LogP contribution in [0.15, 0.2) is 48.5 Å². The van der Waals surface area contributed by atoms with E-state index in [1.807, 2.05) is 55.5 Å². The van der Waals surface area contributed by atoms with Gasteiger partial charge >= 0.3 is 0 Å². The van der Waals surface area contributed by atoms with Crippen LogP contribution in [-0.2, 0) is 16.0 Å². The molecule has 126 valence electrons. The number of benzene rings is 2. The van der Waals surface area contributed by atoms with Gasteiger partial charge in [0.2, 0.25) is 17.8 Å². The van der Waals surface area contributed by atoms with Crippen molar-refractivity contribution in [3.63, 3.8) is 0 Å². The van der Waals surface area contributed by atoms with E-state index in [2.05, 4.69) is 15.6 Å². The molecule has 3 aromatic rings. The normalized spacial score (nSPS) is 16.4. The Morgan fingerprint density at radius 3 is 2.84 bits per heavy atom. The van der Waals surface area contributed by atoms with E-state index in [4.69, 9.17) is 0 Å². The maximum Gasteiger partial charge on any atom is 0.248 e. The monoisotopic (exact) mass is 334 g/mol. The first-order chi connectivity index (χ1) is 12.2. The number of nitrogens with zero attached hydrogens (tertiary/aromatic N) is 2. The molecule has 0 aliphatic carbocycles. The van der Waals surface area contributed by atoms with Gasteiger partial charge in [-0.05, 0) is 30.2 Å². The van der Waals surface area contributed by atoms with Crippen LogP contribution in [-0.4, -0.2) is 21.4 Å². The number of aryl methyl sites for hydroxylation is 1. The number of aromatic nitrogens is 2. The SMILES string of the molecule is CCc1ccccc1NC(=O)C1CC(=O)Nc2nc3ccccc3n21. The minimum atomic E-state index is -0.624. The van der Waals surface area contributed by atoms with E-state index in [9.17, 15) is 9.59 Å². The van der Waals surface area contributed by atoms with Gasteiger partial charge in [0.25, 0.3) is 0 Å².